The van der Waals surface area contributed by atoms with E-state index >= 15 is 0 Å². The van der Waals surface area contributed by atoms with Crippen LogP contribution in [0.15, 0.2) is 36.7 Å². The van der Waals surface area contributed by atoms with Crippen LogP contribution in [0.25, 0.3) is 16.9 Å². The maximum Gasteiger partial charge on any atom is 0.180 e. The predicted octanol–water partition coefficient (Wildman–Crippen LogP) is 4.46. The van der Waals surface area contributed by atoms with E-state index in [1.807, 2.05) is 12.3 Å². The molecule has 3 rings (SSSR count). The number of aromatic nitrogens is 2. The van der Waals surface area contributed by atoms with E-state index in [1.54, 1.807) is 23.8 Å². The minimum Gasteiger partial charge on any atom is -0.493 e. The third-order valence-corrected chi connectivity index (χ3v) is 3.56. The van der Waals surface area contributed by atoms with Gasteiger partial charge in [-0.2, -0.15) is 0 Å². The molecule has 0 N–H and O–H groups in total. The van der Waals surface area contributed by atoms with Gasteiger partial charge in [0.2, 0.25) is 0 Å². The van der Waals surface area contributed by atoms with Gasteiger partial charge in [0.05, 0.1) is 22.8 Å². The molecule has 3 aromatic rings. The summed E-state index contributed by atoms with van der Waals surface area (Å²) in [5.41, 5.74) is 1.67. The lowest BCUT2D eigenvalue weighted by Gasteiger charge is -2.02. The van der Waals surface area contributed by atoms with Gasteiger partial charge in [0, 0.05) is 18.0 Å². The molecule has 0 fully saturated rings. The van der Waals surface area contributed by atoms with E-state index in [0.717, 1.165) is 0 Å². The van der Waals surface area contributed by atoms with Crippen LogP contribution in [-0.2, 0) is 0 Å². The molecule has 2 aromatic heterocycles. The molecule has 2 heterocycles. The van der Waals surface area contributed by atoms with E-state index < -0.39 is 5.82 Å². The quantitative estimate of drug-likeness (QED) is 0.653. The zero-order chi connectivity index (χ0) is 14.3. The predicted molar refractivity (Wildman–Crippen MR) is 77.2 cm³/mol. The van der Waals surface area contributed by atoms with E-state index in [4.69, 9.17) is 27.9 Å². The zero-order valence-electron chi connectivity index (χ0n) is 10.4. The molecule has 0 saturated heterocycles. The molecule has 102 valence electrons. The number of ether oxygens (including phenoxy) is 1. The Labute approximate surface area is 124 Å². The van der Waals surface area contributed by atoms with Gasteiger partial charge in [-0.25, -0.2) is 9.37 Å². The molecule has 0 bridgehead atoms. The van der Waals surface area contributed by atoms with Crippen molar-refractivity contribution in [3.05, 3.63) is 52.5 Å². The zero-order valence-corrected chi connectivity index (χ0v) is 11.9. The normalized spacial score (nSPS) is 11.0. The lowest BCUT2D eigenvalue weighted by atomic mass is 10.1. The highest BCUT2D eigenvalue weighted by Gasteiger charge is 2.13. The van der Waals surface area contributed by atoms with Gasteiger partial charge in [0.25, 0.3) is 0 Å². The van der Waals surface area contributed by atoms with Crippen LogP contribution in [0, 0.1) is 5.82 Å². The molecule has 0 atom stereocenters. The van der Waals surface area contributed by atoms with Gasteiger partial charge in [0.1, 0.15) is 5.82 Å². The topological polar surface area (TPSA) is 26.5 Å². The summed E-state index contributed by atoms with van der Waals surface area (Å²) in [6, 6.07) is 6.28. The summed E-state index contributed by atoms with van der Waals surface area (Å²) in [6.45, 7) is 0. The first-order chi connectivity index (χ1) is 9.60. The molecule has 0 aliphatic rings. The van der Waals surface area contributed by atoms with Gasteiger partial charge < -0.3 is 9.14 Å². The Morgan fingerprint density at radius 1 is 1.25 bits per heavy atom. The van der Waals surface area contributed by atoms with Crippen LogP contribution in [-0.4, -0.2) is 16.5 Å². The Morgan fingerprint density at radius 3 is 2.80 bits per heavy atom. The summed E-state index contributed by atoms with van der Waals surface area (Å²) in [5, 5.41) is 0.332. The average Bonchev–Trinajstić information content (AvgIpc) is 2.86. The molecular weight excluding hydrogens is 302 g/mol. The van der Waals surface area contributed by atoms with E-state index in [9.17, 15) is 4.39 Å². The fraction of sp³-hybridized carbons (Fsp3) is 0.0714. The summed E-state index contributed by atoms with van der Waals surface area (Å²) >= 11 is 11.8. The van der Waals surface area contributed by atoms with Gasteiger partial charge >= 0.3 is 0 Å². The lowest BCUT2D eigenvalue weighted by molar-refractivity contribution is 0.417. The molecule has 0 saturated carbocycles. The summed E-state index contributed by atoms with van der Waals surface area (Å²) in [6.07, 6.45) is 3.58. The summed E-state index contributed by atoms with van der Waals surface area (Å²) in [7, 11) is 1.57. The highest BCUT2D eigenvalue weighted by atomic mass is 35.5. The number of methoxy groups -OCH3 is 1. The van der Waals surface area contributed by atoms with E-state index in [-0.39, 0.29) is 5.02 Å². The molecule has 0 radical (unpaired) electrons. The van der Waals surface area contributed by atoms with Crippen molar-refractivity contribution in [1.29, 1.82) is 0 Å². The molecular formula is C14H9Cl2FN2O. The minimum absolute atomic E-state index is 0.0138. The van der Waals surface area contributed by atoms with E-state index in [1.165, 1.54) is 12.1 Å². The van der Waals surface area contributed by atoms with Crippen LogP contribution in [0.2, 0.25) is 10.0 Å². The fourth-order valence-electron chi connectivity index (χ4n) is 2.00. The van der Waals surface area contributed by atoms with Crippen molar-refractivity contribution in [1.82, 2.24) is 9.38 Å². The summed E-state index contributed by atoms with van der Waals surface area (Å²) in [5.74, 6) is 0.0967. The second-order valence-electron chi connectivity index (χ2n) is 4.18. The molecule has 1 aromatic carbocycles. The van der Waals surface area contributed by atoms with Crippen molar-refractivity contribution in [2.45, 2.75) is 0 Å². The average molecular weight is 311 g/mol. The number of imidazole rings is 1. The van der Waals surface area contributed by atoms with Gasteiger partial charge in [-0.3, -0.25) is 0 Å². The third kappa shape index (κ3) is 2.11. The number of pyridine rings is 1. The number of benzene rings is 1. The van der Waals surface area contributed by atoms with Gasteiger partial charge in [-0.15, -0.1) is 0 Å². The molecule has 0 spiro atoms. The van der Waals surface area contributed by atoms with Crippen LogP contribution in [0.4, 0.5) is 4.39 Å². The second kappa shape index (κ2) is 4.96. The minimum atomic E-state index is -0.532. The van der Waals surface area contributed by atoms with Crippen LogP contribution < -0.4 is 4.74 Å². The number of nitrogens with zero attached hydrogens (tertiary/aromatic N) is 2. The molecule has 0 amide bonds. The van der Waals surface area contributed by atoms with Crippen molar-refractivity contribution < 1.29 is 9.13 Å². The van der Waals surface area contributed by atoms with E-state index in [0.29, 0.717) is 27.7 Å². The van der Waals surface area contributed by atoms with E-state index in [2.05, 4.69) is 4.98 Å². The number of rotatable bonds is 2. The highest BCUT2D eigenvalue weighted by Crippen LogP contribution is 2.32. The number of halogens is 3. The molecule has 3 nitrogen and oxygen atoms in total. The van der Waals surface area contributed by atoms with Gasteiger partial charge in [-0.05, 0) is 24.3 Å². The summed E-state index contributed by atoms with van der Waals surface area (Å²) < 4.78 is 20.6. The first-order valence-corrected chi connectivity index (χ1v) is 6.52. The second-order valence-corrected chi connectivity index (χ2v) is 4.99. The standard InChI is InChI=1S/C14H9Cl2FN2O/c1-20-13-3-2-4-19-7-12(18-14(13)19)8-5-11(17)10(16)6-9(8)15/h2-7H,1H3. The smallest absolute Gasteiger partial charge is 0.180 e. The Hall–Kier alpha value is -1.78. The van der Waals surface area contributed by atoms with Crippen molar-refractivity contribution in [3.8, 4) is 17.0 Å². The molecule has 0 aliphatic heterocycles. The lowest BCUT2D eigenvalue weighted by Crippen LogP contribution is -1.88. The molecule has 6 heteroatoms. The first kappa shape index (κ1) is 13.2. The maximum absolute atomic E-state index is 13.6. The summed E-state index contributed by atoms with van der Waals surface area (Å²) in [4.78, 5) is 4.43. The van der Waals surface area contributed by atoms with Crippen LogP contribution in [0.3, 0.4) is 0 Å². The van der Waals surface area contributed by atoms with Crippen molar-refractivity contribution in [2.24, 2.45) is 0 Å². The third-order valence-electron chi connectivity index (χ3n) is 2.95. The van der Waals surface area contributed by atoms with Gasteiger partial charge in [-0.1, -0.05) is 23.2 Å². The van der Waals surface area contributed by atoms with Crippen molar-refractivity contribution >= 4 is 28.8 Å². The SMILES string of the molecule is COc1cccn2cc(-c3cc(F)c(Cl)cc3Cl)nc12. The molecule has 0 aliphatic carbocycles. The van der Waals surface area contributed by atoms with Crippen LogP contribution in [0.1, 0.15) is 0 Å². The number of hydrogen-bond acceptors (Lipinski definition) is 2. The van der Waals surface area contributed by atoms with Crippen molar-refractivity contribution in [2.75, 3.05) is 7.11 Å². The Morgan fingerprint density at radius 2 is 2.05 bits per heavy atom. The molecule has 0 unspecified atom stereocenters. The highest BCUT2D eigenvalue weighted by molar-refractivity contribution is 6.36. The van der Waals surface area contributed by atoms with Crippen LogP contribution in [0.5, 0.6) is 5.75 Å². The fourth-order valence-corrected chi connectivity index (χ4v) is 2.48. The molecule has 20 heavy (non-hydrogen) atoms. The number of hydrogen-bond donors (Lipinski definition) is 0. The monoisotopic (exact) mass is 310 g/mol. The van der Waals surface area contributed by atoms with Gasteiger partial charge in [0.15, 0.2) is 11.4 Å². The number of fused-ring (bicyclic) bond motifs is 1. The Balaban J connectivity index is 2.23. The largest absolute Gasteiger partial charge is 0.493 e. The van der Waals surface area contributed by atoms with Crippen molar-refractivity contribution in [3.63, 3.8) is 0 Å². The Kier molecular flexibility index (Phi) is 3.28. The maximum atomic E-state index is 13.6. The van der Waals surface area contributed by atoms with Crippen LogP contribution >= 0.6 is 23.2 Å². The first-order valence-electron chi connectivity index (χ1n) is 5.77. The Bertz CT molecular complexity index is 801.